The SMILES string of the molecule is CCOC(=O)c1ccc(-c2ccc(C=C(C#N)C(=O)NCc3ccccn3)o2)cc1. The van der Waals surface area contributed by atoms with Crippen molar-refractivity contribution in [3.63, 3.8) is 0 Å². The predicted molar refractivity (Wildman–Crippen MR) is 110 cm³/mol. The monoisotopic (exact) mass is 401 g/mol. The van der Waals surface area contributed by atoms with E-state index in [0.29, 0.717) is 29.4 Å². The molecule has 0 radical (unpaired) electrons. The molecule has 1 aromatic carbocycles. The zero-order valence-electron chi connectivity index (χ0n) is 16.3. The third-order valence-electron chi connectivity index (χ3n) is 4.12. The Morgan fingerprint density at radius 1 is 1.17 bits per heavy atom. The molecule has 2 aromatic heterocycles. The Labute approximate surface area is 173 Å². The summed E-state index contributed by atoms with van der Waals surface area (Å²) in [5.41, 5.74) is 1.81. The molecule has 0 atom stereocenters. The van der Waals surface area contributed by atoms with Crippen molar-refractivity contribution >= 4 is 18.0 Å². The first-order valence-electron chi connectivity index (χ1n) is 9.28. The molecule has 150 valence electrons. The summed E-state index contributed by atoms with van der Waals surface area (Å²) in [5.74, 6) is 0.00855. The van der Waals surface area contributed by atoms with Crippen molar-refractivity contribution in [2.75, 3.05) is 6.61 Å². The molecule has 7 nitrogen and oxygen atoms in total. The summed E-state index contributed by atoms with van der Waals surface area (Å²) in [6.07, 6.45) is 3.01. The van der Waals surface area contributed by atoms with Gasteiger partial charge < -0.3 is 14.5 Å². The quantitative estimate of drug-likeness (QED) is 0.367. The highest BCUT2D eigenvalue weighted by molar-refractivity contribution is 6.01. The average molecular weight is 401 g/mol. The van der Waals surface area contributed by atoms with Crippen LogP contribution in [-0.4, -0.2) is 23.5 Å². The molecule has 1 amide bonds. The van der Waals surface area contributed by atoms with Gasteiger partial charge in [0, 0.05) is 17.8 Å². The van der Waals surface area contributed by atoms with E-state index in [1.807, 2.05) is 12.1 Å². The molecule has 0 fully saturated rings. The van der Waals surface area contributed by atoms with Crippen LogP contribution in [0.3, 0.4) is 0 Å². The van der Waals surface area contributed by atoms with E-state index in [4.69, 9.17) is 9.15 Å². The van der Waals surface area contributed by atoms with E-state index < -0.39 is 5.91 Å². The lowest BCUT2D eigenvalue weighted by Crippen LogP contribution is -2.24. The summed E-state index contributed by atoms with van der Waals surface area (Å²) in [6, 6.07) is 17.4. The molecule has 0 aliphatic heterocycles. The molecule has 2 heterocycles. The normalized spacial score (nSPS) is 10.9. The van der Waals surface area contributed by atoms with Crippen LogP contribution in [0, 0.1) is 11.3 Å². The summed E-state index contributed by atoms with van der Waals surface area (Å²) in [4.78, 5) is 28.1. The van der Waals surface area contributed by atoms with Gasteiger partial charge in [-0.3, -0.25) is 9.78 Å². The van der Waals surface area contributed by atoms with Gasteiger partial charge in [0.15, 0.2) is 0 Å². The topological polar surface area (TPSA) is 105 Å². The number of nitrogens with one attached hydrogen (secondary N) is 1. The molecular weight excluding hydrogens is 382 g/mol. The largest absolute Gasteiger partial charge is 0.462 e. The lowest BCUT2D eigenvalue weighted by atomic mass is 10.1. The van der Waals surface area contributed by atoms with Gasteiger partial charge in [0.25, 0.3) is 5.91 Å². The number of carbonyl (C=O) groups is 2. The second-order valence-corrected chi connectivity index (χ2v) is 6.17. The Kier molecular flexibility index (Phi) is 6.74. The van der Waals surface area contributed by atoms with Crippen LogP contribution < -0.4 is 5.32 Å². The number of furan rings is 1. The molecule has 0 spiro atoms. The summed E-state index contributed by atoms with van der Waals surface area (Å²) in [6.45, 7) is 2.28. The van der Waals surface area contributed by atoms with E-state index in [2.05, 4.69) is 10.3 Å². The number of amides is 1. The molecule has 0 aliphatic carbocycles. The molecule has 0 unspecified atom stereocenters. The number of rotatable bonds is 7. The predicted octanol–water partition coefficient (Wildman–Crippen LogP) is 3.74. The van der Waals surface area contributed by atoms with Crippen LogP contribution in [0.15, 0.2) is 70.8 Å². The van der Waals surface area contributed by atoms with Crippen LogP contribution in [0.5, 0.6) is 0 Å². The van der Waals surface area contributed by atoms with Crippen LogP contribution in [0.2, 0.25) is 0 Å². The molecule has 0 bridgehead atoms. The van der Waals surface area contributed by atoms with Crippen LogP contribution in [0.1, 0.15) is 28.7 Å². The number of nitrogens with zero attached hydrogens (tertiary/aromatic N) is 2. The van der Waals surface area contributed by atoms with Crippen molar-refractivity contribution in [2.24, 2.45) is 0 Å². The average Bonchev–Trinajstić information content (AvgIpc) is 3.25. The molecule has 0 saturated carbocycles. The van der Waals surface area contributed by atoms with Gasteiger partial charge in [0.2, 0.25) is 0 Å². The number of hydrogen-bond donors (Lipinski definition) is 1. The van der Waals surface area contributed by atoms with E-state index in [9.17, 15) is 14.9 Å². The van der Waals surface area contributed by atoms with Crippen molar-refractivity contribution in [3.8, 4) is 17.4 Å². The van der Waals surface area contributed by atoms with E-state index in [-0.39, 0.29) is 18.1 Å². The third kappa shape index (κ3) is 5.20. The Morgan fingerprint density at radius 2 is 1.97 bits per heavy atom. The minimum atomic E-state index is -0.514. The molecule has 1 N–H and O–H groups in total. The first-order valence-corrected chi connectivity index (χ1v) is 9.28. The van der Waals surface area contributed by atoms with Gasteiger partial charge in [-0.15, -0.1) is 0 Å². The summed E-state index contributed by atoms with van der Waals surface area (Å²) < 4.78 is 10.7. The highest BCUT2D eigenvalue weighted by Crippen LogP contribution is 2.24. The number of carbonyl (C=O) groups excluding carboxylic acids is 2. The van der Waals surface area contributed by atoms with Gasteiger partial charge in [0.1, 0.15) is 23.2 Å². The van der Waals surface area contributed by atoms with Gasteiger partial charge in [-0.05, 0) is 43.3 Å². The Bertz CT molecular complexity index is 1090. The summed E-state index contributed by atoms with van der Waals surface area (Å²) >= 11 is 0. The second kappa shape index (κ2) is 9.85. The van der Waals surface area contributed by atoms with Crippen LogP contribution in [0.25, 0.3) is 17.4 Å². The number of pyridine rings is 1. The lowest BCUT2D eigenvalue weighted by molar-refractivity contribution is -0.117. The molecule has 0 aliphatic rings. The van der Waals surface area contributed by atoms with Crippen molar-refractivity contribution in [1.82, 2.24) is 10.3 Å². The molecular formula is C23H19N3O4. The van der Waals surface area contributed by atoms with E-state index in [1.54, 1.807) is 61.7 Å². The number of nitriles is 1. The first kappa shape index (κ1) is 20.6. The van der Waals surface area contributed by atoms with Gasteiger partial charge in [-0.2, -0.15) is 5.26 Å². The zero-order chi connectivity index (χ0) is 21.3. The van der Waals surface area contributed by atoms with Gasteiger partial charge in [-0.1, -0.05) is 18.2 Å². The maximum atomic E-state index is 12.3. The zero-order valence-corrected chi connectivity index (χ0v) is 16.3. The van der Waals surface area contributed by atoms with Gasteiger partial charge in [0.05, 0.1) is 24.4 Å². The van der Waals surface area contributed by atoms with E-state index in [0.717, 1.165) is 5.56 Å². The number of aromatic nitrogens is 1. The van der Waals surface area contributed by atoms with Crippen molar-refractivity contribution in [3.05, 3.63) is 83.4 Å². The molecule has 3 aromatic rings. The second-order valence-electron chi connectivity index (χ2n) is 6.17. The molecule has 0 saturated heterocycles. The fourth-order valence-corrected chi connectivity index (χ4v) is 2.63. The van der Waals surface area contributed by atoms with Gasteiger partial charge >= 0.3 is 5.97 Å². The molecule has 7 heteroatoms. The Hall–Kier alpha value is -4.18. The van der Waals surface area contributed by atoms with Crippen molar-refractivity contribution in [1.29, 1.82) is 5.26 Å². The van der Waals surface area contributed by atoms with Crippen LogP contribution >= 0.6 is 0 Å². The first-order chi connectivity index (χ1) is 14.6. The smallest absolute Gasteiger partial charge is 0.338 e. The Morgan fingerprint density at radius 3 is 2.63 bits per heavy atom. The summed E-state index contributed by atoms with van der Waals surface area (Å²) in [5, 5.41) is 12.0. The fourth-order valence-electron chi connectivity index (χ4n) is 2.63. The molecule has 30 heavy (non-hydrogen) atoms. The van der Waals surface area contributed by atoms with Crippen LogP contribution in [-0.2, 0) is 16.1 Å². The number of hydrogen-bond acceptors (Lipinski definition) is 6. The number of esters is 1. The van der Waals surface area contributed by atoms with Crippen LogP contribution in [0.4, 0.5) is 0 Å². The summed E-state index contributed by atoms with van der Waals surface area (Å²) in [7, 11) is 0. The third-order valence-corrected chi connectivity index (χ3v) is 4.12. The van der Waals surface area contributed by atoms with Gasteiger partial charge in [-0.25, -0.2) is 4.79 Å². The lowest BCUT2D eigenvalue weighted by Gasteiger charge is -2.03. The van der Waals surface area contributed by atoms with E-state index >= 15 is 0 Å². The Balaban J connectivity index is 1.69. The highest BCUT2D eigenvalue weighted by atomic mass is 16.5. The van der Waals surface area contributed by atoms with Crippen molar-refractivity contribution < 1.29 is 18.7 Å². The number of benzene rings is 1. The molecule has 3 rings (SSSR count). The van der Waals surface area contributed by atoms with E-state index in [1.165, 1.54) is 6.08 Å². The number of ether oxygens (including phenoxy) is 1. The maximum Gasteiger partial charge on any atom is 0.338 e. The minimum Gasteiger partial charge on any atom is -0.462 e. The minimum absolute atomic E-state index is 0.0792. The standard InChI is InChI=1S/C23H19N3O4/c1-2-29-23(28)17-8-6-16(7-9-17)21-11-10-20(30-21)13-18(14-24)22(27)26-15-19-5-3-4-12-25-19/h3-13H,2,15H2,1H3,(H,26,27). The van der Waals surface area contributed by atoms with Crippen molar-refractivity contribution in [2.45, 2.75) is 13.5 Å². The maximum absolute atomic E-state index is 12.3. The highest BCUT2D eigenvalue weighted by Gasteiger charge is 2.12. The fraction of sp³-hybridized carbons (Fsp3) is 0.130.